The molecule has 0 aliphatic heterocycles. The normalized spacial score (nSPS) is 7.80. The van der Waals surface area contributed by atoms with Crippen LogP contribution in [0.3, 0.4) is 0 Å². The quantitative estimate of drug-likeness (QED) is 0.172. The molecule has 0 bridgehead atoms. The molecular formula is C25H16CuN8O. The number of aromatic nitrogens is 4. The monoisotopic (exact) mass is 507 g/mol. The van der Waals surface area contributed by atoms with Gasteiger partial charge in [0.2, 0.25) is 0 Å². The molecule has 0 saturated carbocycles. The van der Waals surface area contributed by atoms with Crippen molar-refractivity contribution in [2.75, 3.05) is 0 Å². The Hall–Kier alpha value is -5.16. The van der Waals surface area contributed by atoms with Crippen molar-refractivity contribution in [2.24, 2.45) is 0 Å². The van der Waals surface area contributed by atoms with Crippen LogP contribution in [0.5, 0.6) is 0 Å². The van der Waals surface area contributed by atoms with Crippen molar-refractivity contribution in [1.29, 1.82) is 15.8 Å². The maximum atomic E-state index is 8.24. The molecule has 10 heteroatoms. The Bertz CT molecular complexity index is 1110. The number of allylic oxidation sites excluding steroid dienone is 1. The maximum absolute atomic E-state index is 8.24. The number of hydrogen-bond acceptors (Lipinski definition) is 8. The van der Waals surface area contributed by atoms with Crippen LogP contribution in [0.4, 0.5) is 0 Å². The van der Waals surface area contributed by atoms with Gasteiger partial charge in [0, 0.05) is 31.0 Å². The minimum absolute atomic E-state index is 0. The van der Waals surface area contributed by atoms with Crippen molar-refractivity contribution in [3.8, 4) is 41.2 Å². The Balaban J connectivity index is 0.000000478. The molecular weight excluding hydrogens is 492 g/mol. The first-order valence-corrected chi connectivity index (χ1v) is 9.43. The zero-order chi connectivity index (χ0) is 24.9. The van der Waals surface area contributed by atoms with Gasteiger partial charge in [0.1, 0.15) is 17.7 Å². The fraction of sp³-hybridized carbons (Fsp3) is 0. The van der Waals surface area contributed by atoms with E-state index in [1.165, 1.54) is 18.0 Å². The van der Waals surface area contributed by atoms with Gasteiger partial charge in [-0.3, -0.25) is 19.9 Å². The maximum Gasteiger partial charge on any atom is 2.00 e. The first-order valence-electron chi connectivity index (χ1n) is 9.43. The molecule has 4 heterocycles. The van der Waals surface area contributed by atoms with E-state index in [-0.39, 0.29) is 17.1 Å². The molecule has 0 aliphatic carbocycles. The van der Waals surface area contributed by atoms with Gasteiger partial charge in [0.15, 0.2) is 0 Å². The third-order valence-corrected chi connectivity index (χ3v) is 3.52. The summed E-state index contributed by atoms with van der Waals surface area (Å²) in [5.41, 5.74) is 3.26. The largest absolute Gasteiger partial charge is 2.00 e. The van der Waals surface area contributed by atoms with Crippen molar-refractivity contribution >= 4 is 5.87 Å². The molecule has 4 aromatic heterocycles. The van der Waals surface area contributed by atoms with E-state index in [0.29, 0.717) is 6.26 Å². The molecule has 4 rings (SSSR count). The van der Waals surface area contributed by atoms with Gasteiger partial charge < -0.3 is 10.5 Å². The standard InChI is InChI=1S/2C10H8N2.C4N3.CHNO.Cu/c2*1-3-7-11-9(5-1)10-6-2-4-8-12-10;5-1-4(2-6)3-7;2-1-3;/h2*1-8H;;3H;/q;;-1;;+2/p-1. The van der Waals surface area contributed by atoms with Crippen molar-refractivity contribution in [1.82, 2.24) is 19.9 Å². The summed E-state index contributed by atoms with van der Waals surface area (Å²) in [5.74, 6) is 1.40. The van der Waals surface area contributed by atoms with Gasteiger partial charge in [-0.2, -0.15) is 10.5 Å². The average molecular weight is 508 g/mol. The van der Waals surface area contributed by atoms with E-state index >= 15 is 0 Å². The van der Waals surface area contributed by atoms with E-state index in [4.69, 9.17) is 26.3 Å². The predicted octanol–water partition coefficient (Wildman–Crippen LogP) is 3.31. The molecule has 0 aromatic carbocycles. The first-order chi connectivity index (χ1) is 16.7. The Kier molecular flexibility index (Phi) is 16.6. The van der Waals surface area contributed by atoms with Crippen molar-refractivity contribution < 1.29 is 22.2 Å². The van der Waals surface area contributed by atoms with Gasteiger partial charge in [0.25, 0.3) is 0 Å². The van der Waals surface area contributed by atoms with Crippen LogP contribution in [0.2, 0.25) is 0 Å². The molecule has 0 aliphatic rings. The van der Waals surface area contributed by atoms with E-state index in [2.05, 4.69) is 19.9 Å². The molecule has 4 aromatic rings. The van der Waals surface area contributed by atoms with Gasteiger partial charge in [-0.15, -0.1) is 0 Å². The second kappa shape index (κ2) is 19.5. The number of hydrogen-bond donors (Lipinski definition) is 0. The van der Waals surface area contributed by atoms with Crippen LogP contribution in [0.15, 0.2) is 103 Å². The SMILES string of the molecule is N#CC(=C=[N-])C#N.N#C[O-].[Cu+2].c1ccc(-c2ccccn2)nc1.c1ccc(-c2ccccn2)nc1. The number of rotatable bonds is 2. The van der Waals surface area contributed by atoms with Crippen LogP contribution in [0.25, 0.3) is 28.2 Å². The third kappa shape index (κ3) is 12.5. The smallest absolute Gasteiger partial charge is 0.812 e. The van der Waals surface area contributed by atoms with Crippen molar-refractivity contribution in [3.05, 3.63) is 109 Å². The molecule has 0 fully saturated rings. The fourth-order valence-corrected chi connectivity index (χ4v) is 2.13. The summed E-state index contributed by atoms with van der Waals surface area (Å²) in [7, 11) is 0. The Morgan fingerprint density at radius 2 is 0.857 bits per heavy atom. The third-order valence-electron chi connectivity index (χ3n) is 3.52. The summed E-state index contributed by atoms with van der Waals surface area (Å²) in [5, 5.41) is 38.4. The molecule has 1 radical (unpaired) electrons. The van der Waals surface area contributed by atoms with E-state index in [0.717, 1.165) is 22.8 Å². The summed E-state index contributed by atoms with van der Waals surface area (Å²) < 4.78 is 0. The van der Waals surface area contributed by atoms with Crippen LogP contribution >= 0.6 is 0 Å². The number of pyridine rings is 4. The van der Waals surface area contributed by atoms with Gasteiger partial charge in [-0.05, 0) is 48.5 Å². The van der Waals surface area contributed by atoms with Crippen LogP contribution < -0.4 is 5.11 Å². The fourth-order valence-electron chi connectivity index (χ4n) is 2.13. The molecule has 0 spiro atoms. The molecule has 0 atom stereocenters. The minimum Gasteiger partial charge on any atom is -0.812 e. The Labute approximate surface area is 213 Å². The Morgan fingerprint density at radius 1 is 0.600 bits per heavy atom. The molecule has 0 N–H and O–H groups in total. The Morgan fingerprint density at radius 3 is 0.971 bits per heavy atom. The molecule has 9 nitrogen and oxygen atoms in total. The summed E-state index contributed by atoms with van der Waals surface area (Å²) in [6, 6.07) is 26.0. The van der Waals surface area contributed by atoms with Gasteiger partial charge in [-0.1, -0.05) is 24.3 Å². The van der Waals surface area contributed by atoms with E-state index in [9.17, 15) is 0 Å². The zero-order valence-corrected chi connectivity index (χ0v) is 19.0. The summed E-state index contributed by atoms with van der Waals surface area (Å²) in [6.07, 6.45) is 7.57. The van der Waals surface area contributed by atoms with E-state index in [1.807, 2.05) is 72.8 Å². The number of nitrogens with zero attached hydrogens (tertiary/aromatic N) is 8. The first kappa shape index (κ1) is 29.8. The van der Waals surface area contributed by atoms with E-state index in [1.54, 1.807) is 24.8 Å². The molecule has 0 saturated heterocycles. The van der Waals surface area contributed by atoms with E-state index < -0.39 is 5.57 Å². The second-order valence-electron chi connectivity index (χ2n) is 5.66. The summed E-state index contributed by atoms with van der Waals surface area (Å²) in [6.45, 7) is 0. The predicted molar refractivity (Wildman–Crippen MR) is 124 cm³/mol. The summed E-state index contributed by atoms with van der Waals surface area (Å²) >= 11 is 0. The van der Waals surface area contributed by atoms with Gasteiger partial charge in [-0.25, -0.2) is 11.1 Å². The average Bonchev–Trinajstić information content (AvgIpc) is 2.93. The van der Waals surface area contributed by atoms with Gasteiger partial charge in [0.05, 0.1) is 22.8 Å². The molecule has 0 unspecified atom stereocenters. The van der Waals surface area contributed by atoms with Gasteiger partial charge >= 0.3 is 17.1 Å². The zero-order valence-electron chi connectivity index (χ0n) is 18.0. The molecule has 0 amide bonds. The number of nitriles is 3. The molecule has 173 valence electrons. The van der Waals surface area contributed by atoms with Crippen LogP contribution in [0, 0.1) is 34.2 Å². The minimum atomic E-state index is -0.403. The van der Waals surface area contributed by atoms with Crippen molar-refractivity contribution in [2.45, 2.75) is 0 Å². The molecule has 35 heavy (non-hydrogen) atoms. The van der Waals surface area contributed by atoms with Crippen LogP contribution in [-0.4, -0.2) is 25.8 Å². The summed E-state index contributed by atoms with van der Waals surface area (Å²) in [4.78, 5) is 16.7. The van der Waals surface area contributed by atoms with Crippen LogP contribution in [-0.2, 0) is 17.1 Å². The van der Waals surface area contributed by atoms with Crippen LogP contribution in [0.1, 0.15) is 0 Å². The van der Waals surface area contributed by atoms with Crippen molar-refractivity contribution in [3.63, 3.8) is 0 Å². The second-order valence-corrected chi connectivity index (χ2v) is 5.66. The topological polar surface area (TPSA) is 168 Å².